The molecule has 0 aliphatic heterocycles. The van der Waals surface area contributed by atoms with Gasteiger partial charge in [0.25, 0.3) is 0 Å². The Morgan fingerprint density at radius 2 is 1.32 bits per heavy atom. The monoisotopic (exact) mass is 520 g/mol. The lowest BCUT2D eigenvalue weighted by Gasteiger charge is -2.29. The smallest absolute Gasteiger partial charge is 0.201 e. The van der Waals surface area contributed by atoms with Crippen molar-refractivity contribution in [2.45, 2.75) is 58.2 Å². The summed E-state index contributed by atoms with van der Waals surface area (Å²) in [5, 5.41) is 0. The van der Waals surface area contributed by atoms with E-state index in [1.165, 1.54) is 30.3 Å². The van der Waals surface area contributed by atoms with E-state index in [4.69, 9.17) is 14.2 Å². The number of hydrogen-bond donors (Lipinski definition) is 0. The van der Waals surface area contributed by atoms with Crippen LogP contribution in [0.25, 0.3) is 11.1 Å². The van der Waals surface area contributed by atoms with Gasteiger partial charge in [-0.15, -0.1) is 0 Å². The molecule has 1 aliphatic carbocycles. The molecule has 4 rings (SSSR count). The molecular formula is C29H29F5O3. The number of benzene rings is 3. The largest absolute Gasteiger partial charge is 0.491 e. The lowest BCUT2D eigenvalue weighted by molar-refractivity contribution is 0.0119. The van der Waals surface area contributed by atoms with Crippen LogP contribution in [-0.4, -0.2) is 19.3 Å². The summed E-state index contributed by atoms with van der Waals surface area (Å²) >= 11 is 0. The van der Waals surface area contributed by atoms with Crippen LogP contribution in [0.5, 0.6) is 11.5 Å². The molecule has 0 spiro atoms. The average Bonchev–Trinajstić information content (AvgIpc) is 2.90. The summed E-state index contributed by atoms with van der Waals surface area (Å²) in [6, 6.07) is 9.85. The highest BCUT2D eigenvalue weighted by atomic mass is 19.2. The van der Waals surface area contributed by atoms with Crippen molar-refractivity contribution < 1.29 is 36.2 Å². The number of ether oxygens (including phenoxy) is 3. The van der Waals surface area contributed by atoms with Crippen molar-refractivity contribution in [3.8, 4) is 22.6 Å². The summed E-state index contributed by atoms with van der Waals surface area (Å²) in [4.78, 5) is 0. The maximum absolute atomic E-state index is 14.8. The van der Waals surface area contributed by atoms with Gasteiger partial charge in [0.1, 0.15) is 5.82 Å². The van der Waals surface area contributed by atoms with Crippen LogP contribution >= 0.6 is 0 Å². The summed E-state index contributed by atoms with van der Waals surface area (Å²) in [6.45, 7) is 3.81. The van der Waals surface area contributed by atoms with Crippen LogP contribution in [-0.2, 0) is 11.3 Å². The van der Waals surface area contributed by atoms with Crippen molar-refractivity contribution in [1.29, 1.82) is 0 Å². The maximum Gasteiger partial charge on any atom is 0.201 e. The number of halogens is 5. The van der Waals surface area contributed by atoms with E-state index in [0.717, 1.165) is 6.07 Å². The average molecular weight is 521 g/mol. The van der Waals surface area contributed by atoms with Crippen molar-refractivity contribution in [3.05, 3.63) is 82.7 Å². The zero-order valence-corrected chi connectivity index (χ0v) is 20.8. The van der Waals surface area contributed by atoms with Crippen molar-refractivity contribution in [3.63, 3.8) is 0 Å². The first kappa shape index (κ1) is 26.9. The Morgan fingerprint density at radius 3 is 1.95 bits per heavy atom. The van der Waals surface area contributed by atoms with E-state index in [-0.39, 0.29) is 60.0 Å². The molecule has 1 aliphatic rings. The van der Waals surface area contributed by atoms with E-state index in [1.807, 2.05) is 0 Å². The minimum Gasteiger partial charge on any atom is -0.491 e. The highest BCUT2D eigenvalue weighted by Gasteiger charge is 2.27. The molecular weight excluding hydrogens is 491 g/mol. The van der Waals surface area contributed by atoms with Gasteiger partial charge in [0.05, 0.1) is 25.9 Å². The van der Waals surface area contributed by atoms with Crippen LogP contribution in [0.4, 0.5) is 22.0 Å². The van der Waals surface area contributed by atoms with E-state index in [1.54, 1.807) is 19.9 Å². The molecule has 3 aromatic carbocycles. The lowest BCUT2D eigenvalue weighted by atomic mass is 9.82. The normalized spacial score (nSPS) is 17.6. The Morgan fingerprint density at radius 1 is 0.703 bits per heavy atom. The Labute approximate surface area is 213 Å². The molecule has 8 heteroatoms. The molecule has 1 saturated carbocycles. The fraction of sp³-hybridized carbons (Fsp3) is 0.379. The maximum atomic E-state index is 14.8. The van der Waals surface area contributed by atoms with Crippen LogP contribution in [0.3, 0.4) is 0 Å². The first-order valence-electron chi connectivity index (χ1n) is 12.5. The van der Waals surface area contributed by atoms with Gasteiger partial charge in [-0.25, -0.2) is 13.2 Å². The van der Waals surface area contributed by atoms with Crippen molar-refractivity contribution in [2.24, 2.45) is 0 Å². The second kappa shape index (κ2) is 11.9. The Balaban J connectivity index is 1.36. The molecule has 0 radical (unpaired) electrons. The second-order valence-electron chi connectivity index (χ2n) is 8.98. The van der Waals surface area contributed by atoms with E-state index >= 15 is 0 Å². The number of hydrogen-bond acceptors (Lipinski definition) is 3. The molecule has 0 amide bonds. The van der Waals surface area contributed by atoms with E-state index in [9.17, 15) is 22.0 Å². The summed E-state index contributed by atoms with van der Waals surface area (Å²) < 4.78 is 88.3. The van der Waals surface area contributed by atoms with Crippen LogP contribution in [0.1, 0.15) is 56.6 Å². The third-order valence-corrected chi connectivity index (χ3v) is 6.68. The zero-order chi connectivity index (χ0) is 26.5. The third-order valence-electron chi connectivity index (χ3n) is 6.68. The number of rotatable bonds is 9. The molecule has 37 heavy (non-hydrogen) atoms. The van der Waals surface area contributed by atoms with E-state index in [0.29, 0.717) is 31.2 Å². The summed E-state index contributed by atoms with van der Waals surface area (Å²) in [6.07, 6.45) is 2.31. The molecule has 0 N–H and O–H groups in total. The molecule has 0 bridgehead atoms. The van der Waals surface area contributed by atoms with Gasteiger partial charge >= 0.3 is 0 Å². The molecule has 0 heterocycles. The molecule has 0 saturated heterocycles. The second-order valence-corrected chi connectivity index (χ2v) is 8.98. The van der Waals surface area contributed by atoms with Crippen molar-refractivity contribution in [2.75, 3.05) is 13.2 Å². The summed E-state index contributed by atoms with van der Waals surface area (Å²) in [7, 11) is 0. The van der Waals surface area contributed by atoms with E-state index < -0.39 is 29.1 Å². The van der Waals surface area contributed by atoms with Gasteiger partial charge in [0.15, 0.2) is 23.1 Å². The van der Waals surface area contributed by atoms with E-state index in [2.05, 4.69) is 0 Å². The predicted molar refractivity (Wildman–Crippen MR) is 130 cm³/mol. The van der Waals surface area contributed by atoms with Gasteiger partial charge < -0.3 is 14.2 Å². The molecule has 198 valence electrons. The standard InChI is InChI=1S/C29H29F5O3/c1-3-35-24-13-11-21(26(31)28(24)33)17-7-9-20(10-8-17)37-16-19-6-5-18(15-23(19)30)22-12-14-25(36-4-2)29(34)27(22)32/h5-6,11-15,17,20H,3-4,7-10,16H2,1-2H3. The molecule has 0 atom stereocenters. The third kappa shape index (κ3) is 5.90. The van der Waals surface area contributed by atoms with Gasteiger partial charge in [0, 0.05) is 11.1 Å². The lowest BCUT2D eigenvalue weighted by Crippen LogP contribution is -2.21. The predicted octanol–water partition coefficient (Wildman–Crippen LogP) is 8.09. The zero-order valence-electron chi connectivity index (χ0n) is 20.8. The Bertz CT molecular complexity index is 1240. The van der Waals surface area contributed by atoms with Gasteiger partial charge in [-0.1, -0.05) is 18.2 Å². The Kier molecular flexibility index (Phi) is 8.69. The molecule has 0 unspecified atom stereocenters. The summed E-state index contributed by atoms with van der Waals surface area (Å²) in [5.41, 5.74) is 0.755. The summed E-state index contributed by atoms with van der Waals surface area (Å²) in [5.74, 6) is -5.07. The molecule has 0 aromatic heterocycles. The van der Waals surface area contributed by atoms with Crippen LogP contribution < -0.4 is 9.47 Å². The minimum atomic E-state index is -1.12. The topological polar surface area (TPSA) is 27.7 Å². The fourth-order valence-electron chi connectivity index (χ4n) is 4.73. The van der Waals surface area contributed by atoms with Gasteiger partial charge in [-0.2, -0.15) is 8.78 Å². The van der Waals surface area contributed by atoms with Gasteiger partial charge in [-0.05, 0) is 80.8 Å². The first-order chi connectivity index (χ1) is 17.8. The highest BCUT2D eigenvalue weighted by Crippen LogP contribution is 2.38. The van der Waals surface area contributed by atoms with Gasteiger partial charge in [-0.3, -0.25) is 0 Å². The molecule has 3 nitrogen and oxygen atoms in total. The van der Waals surface area contributed by atoms with Crippen molar-refractivity contribution >= 4 is 0 Å². The molecule has 1 fully saturated rings. The quantitative estimate of drug-likeness (QED) is 0.267. The molecule has 3 aromatic rings. The fourth-order valence-corrected chi connectivity index (χ4v) is 4.73. The van der Waals surface area contributed by atoms with Crippen LogP contribution in [0, 0.1) is 29.1 Å². The van der Waals surface area contributed by atoms with Crippen LogP contribution in [0.15, 0.2) is 42.5 Å². The highest BCUT2D eigenvalue weighted by molar-refractivity contribution is 5.65. The minimum absolute atomic E-state index is 0.00755. The first-order valence-corrected chi connectivity index (χ1v) is 12.5. The van der Waals surface area contributed by atoms with Crippen molar-refractivity contribution in [1.82, 2.24) is 0 Å². The SMILES string of the molecule is CCOc1ccc(-c2ccc(COC3CCC(c4ccc(OCC)c(F)c4F)CC3)c(F)c2)c(F)c1F. The Hall–Kier alpha value is -3.13. The van der Waals surface area contributed by atoms with Gasteiger partial charge in [0.2, 0.25) is 11.6 Å². The van der Waals surface area contributed by atoms with Crippen LogP contribution in [0.2, 0.25) is 0 Å².